The zero-order valence-corrected chi connectivity index (χ0v) is 21.7. The van der Waals surface area contributed by atoms with E-state index in [1.54, 1.807) is 9.80 Å². The Bertz CT molecular complexity index is 1360. The van der Waals surface area contributed by atoms with Gasteiger partial charge in [0.05, 0.1) is 25.7 Å². The summed E-state index contributed by atoms with van der Waals surface area (Å²) in [6.45, 7) is 4.64. The number of nitrogens with one attached hydrogen (secondary N) is 1. The lowest BCUT2D eigenvalue weighted by atomic mass is 9.88. The van der Waals surface area contributed by atoms with E-state index >= 15 is 0 Å². The van der Waals surface area contributed by atoms with E-state index in [9.17, 15) is 14.4 Å². The molecule has 1 fully saturated rings. The number of ether oxygens (including phenoxy) is 1. The Morgan fingerprint density at radius 2 is 1.66 bits per heavy atom. The largest absolute Gasteiger partial charge is 0.378 e. The summed E-state index contributed by atoms with van der Waals surface area (Å²) in [6, 6.07) is 23.8. The van der Waals surface area contributed by atoms with Crippen LogP contribution in [0.25, 0.3) is 10.8 Å². The summed E-state index contributed by atoms with van der Waals surface area (Å²) in [5.41, 5.74) is 3.27. The number of fused-ring (bicyclic) bond motifs is 1. The van der Waals surface area contributed by atoms with Crippen LogP contribution in [0, 0.1) is 5.92 Å². The first-order chi connectivity index (χ1) is 18.5. The molecule has 1 saturated heterocycles. The van der Waals surface area contributed by atoms with Crippen molar-refractivity contribution in [2.24, 2.45) is 5.92 Å². The first-order valence-corrected chi connectivity index (χ1v) is 13.2. The number of carbonyl (C=O) groups excluding carboxylic acids is 3. The van der Waals surface area contributed by atoms with Crippen LogP contribution in [0.3, 0.4) is 0 Å². The second-order valence-corrected chi connectivity index (χ2v) is 9.90. The third kappa shape index (κ3) is 5.63. The molecule has 196 valence electrons. The lowest BCUT2D eigenvalue weighted by Crippen LogP contribution is -2.46. The molecule has 1 atom stereocenters. The van der Waals surface area contributed by atoms with Gasteiger partial charge in [-0.2, -0.15) is 0 Å². The van der Waals surface area contributed by atoms with Crippen LogP contribution < -0.4 is 5.32 Å². The maximum absolute atomic E-state index is 13.6. The standard InChI is InChI=1S/C31H33N3O4/c1-22-28(31(37)33-14-16-38-17-15-33)18-26(30(36)34(22)21-23-8-3-2-4-9-23)19-29(35)32-20-25-12-7-11-24-10-5-6-13-27(24)25/h2-13,26H,14-21H2,1H3,(H,32,35). The van der Waals surface area contributed by atoms with E-state index in [4.69, 9.17) is 4.74 Å². The van der Waals surface area contributed by atoms with E-state index in [0.717, 1.165) is 21.9 Å². The average Bonchev–Trinajstić information content (AvgIpc) is 2.96. The normalized spacial score (nSPS) is 18.1. The minimum absolute atomic E-state index is 0.0298. The van der Waals surface area contributed by atoms with Gasteiger partial charge in [-0.25, -0.2) is 0 Å². The van der Waals surface area contributed by atoms with E-state index in [2.05, 4.69) is 5.32 Å². The van der Waals surface area contributed by atoms with Crippen LogP contribution in [0.5, 0.6) is 0 Å². The maximum atomic E-state index is 13.6. The van der Waals surface area contributed by atoms with Crippen molar-refractivity contribution >= 4 is 28.5 Å². The SMILES string of the molecule is CC1=C(C(=O)N2CCOCC2)CC(CC(=O)NCc2cccc3ccccc23)C(=O)N1Cc1ccccc1. The summed E-state index contributed by atoms with van der Waals surface area (Å²) in [4.78, 5) is 43.7. The summed E-state index contributed by atoms with van der Waals surface area (Å²) < 4.78 is 5.42. The molecule has 2 aliphatic heterocycles. The van der Waals surface area contributed by atoms with Gasteiger partial charge in [-0.3, -0.25) is 14.4 Å². The Morgan fingerprint density at radius 3 is 2.45 bits per heavy atom. The van der Waals surface area contributed by atoms with E-state index in [-0.39, 0.29) is 30.6 Å². The number of amides is 3. The van der Waals surface area contributed by atoms with Crippen molar-refractivity contribution in [1.82, 2.24) is 15.1 Å². The van der Waals surface area contributed by atoms with Crippen molar-refractivity contribution in [2.45, 2.75) is 32.9 Å². The third-order valence-electron chi connectivity index (χ3n) is 7.44. The molecule has 0 spiro atoms. The lowest BCUT2D eigenvalue weighted by Gasteiger charge is -2.37. The third-order valence-corrected chi connectivity index (χ3v) is 7.44. The lowest BCUT2D eigenvalue weighted by molar-refractivity contribution is -0.139. The van der Waals surface area contributed by atoms with Crippen LogP contribution >= 0.6 is 0 Å². The predicted molar refractivity (Wildman–Crippen MR) is 146 cm³/mol. The molecule has 0 radical (unpaired) electrons. The highest BCUT2D eigenvalue weighted by Gasteiger charge is 2.37. The number of allylic oxidation sites excluding steroid dienone is 1. The second kappa shape index (κ2) is 11.6. The Labute approximate surface area is 223 Å². The summed E-state index contributed by atoms with van der Waals surface area (Å²) in [6.07, 6.45) is 0.288. The number of carbonyl (C=O) groups is 3. The van der Waals surface area contributed by atoms with E-state index in [1.165, 1.54) is 0 Å². The molecule has 5 rings (SSSR count). The van der Waals surface area contributed by atoms with Gasteiger partial charge in [0.1, 0.15) is 0 Å². The summed E-state index contributed by atoms with van der Waals surface area (Å²) in [7, 11) is 0. The Hall–Kier alpha value is -3.97. The molecule has 3 aromatic carbocycles. The molecule has 2 aliphatic rings. The van der Waals surface area contributed by atoms with Crippen molar-refractivity contribution in [3.63, 3.8) is 0 Å². The molecule has 1 N–H and O–H groups in total. The summed E-state index contributed by atoms with van der Waals surface area (Å²) >= 11 is 0. The van der Waals surface area contributed by atoms with Gasteiger partial charge in [0.25, 0.3) is 5.91 Å². The second-order valence-electron chi connectivity index (χ2n) is 9.90. The van der Waals surface area contributed by atoms with Gasteiger partial charge >= 0.3 is 0 Å². The molecule has 0 aromatic heterocycles. The average molecular weight is 512 g/mol. The van der Waals surface area contributed by atoms with Crippen molar-refractivity contribution < 1.29 is 19.1 Å². The molecule has 0 bridgehead atoms. The van der Waals surface area contributed by atoms with Gasteiger partial charge in [0.2, 0.25) is 11.8 Å². The zero-order chi connectivity index (χ0) is 26.5. The maximum Gasteiger partial charge on any atom is 0.251 e. The molecule has 38 heavy (non-hydrogen) atoms. The quantitative estimate of drug-likeness (QED) is 0.520. The van der Waals surface area contributed by atoms with Crippen LogP contribution in [0.4, 0.5) is 0 Å². The highest BCUT2D eigenvalue weighted by molar-refractivity contribution is 5.98. The van der Waals surface area contributed by atoms with Gasteiger partial charge < -0.3 is 19.9 Å². The minimum Gasteiger partial charge on any atom is -0.378 e. The fourth-order valence-corrected chi connectivity index (χ4v) is 5.29. The molecule has 2 heterocycles. The van der Waals surface area contributed by atoms with Gasteiger partial charge in [0, 0.05) is 37.3 Å². The Kier molecular flexibility index (Phi) is 7.84. The minimum atomic E-state index is -0.602. The van der Waals surface area contributed by atoms with Gasteiger partial charge in [0.15, 0.2) is 0 Å². The Balaban J connectivity index is 1.34. The highest BCUT2D eigenvalue weighted by Crippen LogP contribution is 2.32. The molecule has 7 nitrogen and oxygen atoms in total. The van der Waals surface area contributed by atoms with Crippen LogP contribution in [-0.2, 0) is 32.2 Å². The van der Waals surface area contributed by atoms with Crippen LogP contribution in [0.15, 0.2) is 84.1 Å². The smallest absolute Gasteiger partial charge is 0.251 e. The molecule has 0 aliphatic carbocycles. The fourth-order valence-electron chi connectivity index (χ4n) is 5.29. The Morgan fingerprint density at radius 1 is 0.947 bits per heavy atom. The molecule has 3 aromatic rings. The van der Waals surface area contributed by atoms with E-state index < -0.39 is 5.92 Å². The number of hydrogen-bond acceptors (Lipinski definition) is 4. The molecule has 7 heteroatoms. The van der Waals surface area contributed by atoms with Crippen molar-refractivity contribution in [3.8, 4) is 0 Å². The van der Waals surface area contributed by atoms with Crippen molar-refractivity contribution in [3.05, 3.63) is 95.2 Å². The zero-order valence-electron chi connectivity index (χ0n) is 21.7. The number of rotatable bonds is 7. The first-order valence-electron chi connectivity index (χ1n) is 13.2. The number of nitrogens with zero attached hydrogens (tertiary/aromatic N) is 2. The van der Waals surface area contributed by atoms with Crippen molar-refractivity contribution in [2.75, 3.05) is 26.3 Å². The van der Waals surface area contributed by atoms with Crippen LogP contribution in [-0.4, -0.2) is 53.8 Å². The fraction of sp³-hybridized carbons (Fsp3) is 0.323. The number of hydrogen-bond donors (Lipinski definition) is 1. The molecule has 0 saturated carbocycles. The number of morpholine rings is 1. The predicted octanol–water partition coefficient (Wildman–Crippen LogP) is 4.03. The van der Waals surface area contributed by atoms with Crippen LogP contribution in [0.2, 0.25) is 0 Å². The van der Waals surface area contributed by atoms with Crippen molar-refractivity contribution in [1.29, 1.82) is 0 Å². The monoisotopic (exact) mass is 511 g/mol. The van der Waals surface area contributed by atoms with Gasteiger partial charge in [-0.15, -0.1) is 0 Å². The van der Waals surface area contributed by atoms with Gasteiger partial charge in [-0.1, -0.05) is 72.8 Å². The topological polar surface area (TPSA) is 79.0 Å². The summed E-state index contributed by atoms with van der Waals surface area (Å²) in [5.74, 6) is -0.994. The highest BCUT2D eigenvalue weighted by atomic mass is 16.5. The molecular formula is C31H33N3O4. The summed E-state index contributed by atoms with van der Waals surface area (Å²) in [5, 5.41) is 5.21. The molecule has 3 amide bonds. The first kappa shape index (κ1) is 25.7. The van der Waals surface area contributed by atoms with E-state index in [1.807, 2.05) is 79.7 Å². The van der Waals surface area contributed by atoms with E-state index in [0.29, 0.717) is 50.7 Å². The molecule has 1 unspecified atom stereocenters. The van der Waals surface area contributed by atoms with Crippen LogP contribution in [0.1, 0.15) is 30.9 Å². The van der Waals surface area contributed by atoms with Gasteiger partial charge in [-0.05, 0) is 35.2 Å². The number of benzene rings is 3. The molecular weight excluding hydrogens is 478 g/mol.